The number of hydrogen-bond donors (Lipinski definition) is 0. The zero-order valence-corrected chi connectivity index (χ0v) is 13.9. The molecule has 0 radical (unpaired) electrons. The van der Waals surface area contributed by atoms with Crippen molar-refractivity contribution in [3.05, 3.63) is 23.5 Å². The summed E-state index contributed by atoms with van der Waals surface area (Å²) in [6.07, 6.45) is 13.8. The fraction of sp³-hybridized carbons (Fsp3) is 0.750. The molecule has 0 bridgehead atoms. The van der Waals surface area contributed by atoms with Gasteiger partial charge in [0.25, 0.3) is 0 Å². The van der Waals surface area contributed by atoms with Crippen LogP contribution in [0.2, 0.25) is 0 Å². The molecule has 0 aliphatic heterocycles. The number of ketones is 1. The van der Waals surface area contributed by atoms with E-state index in [4.69, 9.17) is 4.74 Å². The molecular weight excluding hydrogens is 272 g/mol. The quantitative estimate of drug-likeness (QED) is 0.741. The molecular formula is C20H28O2. The molecule has 0 aromatic carbocycles. The number of fused-ring (bicyclic) bond motifs is 5. The number of hydrogen-bond acceptors (Lipinski definition) is 2. The molecule has 5 atom stereocenters. The van der Waals surface area contributed by atoms with Gasteiger partial charge in [-0.05, 0) is 73.8 Å². The lowest BCUT2D eigenvalue weighted by Gasteiger charge is -2.51. The van der Waals surface area contributed by atoms with E-state index in [-0.39, 0.29) is 5.41 Å². The summed E-state index contributed by atoms with van der Waals surface area (Å²) in [6, 6.07) is 0. The molecule has 4 rings (SSSR count). The molecule has 0 aromatic heterocycles. The second kappa shape index (κ2) is 5.25. The maximum absolute atomic E-state index is 12.6. The van der Waals surface area contributed by atoms with Crippen LogP contribution in [-0.4, -0.2) is 12.9 Å². The first-order valence-corrected chi connectivity index (χ1v) is 9.17. The molecule has 22 heavy (non-hydrogen) atoms. The van der Waals surface area contributed by atoms with Crippen LogP contribution in [0, 0.1) is 29.1 Å². The van der Waals surface area contributed by atoms with E-state index < -0.39 is 0 Å². The molecule has 0 saturated heterocycles. The summed E-state index contributed by atoms with van der Waals surface area (Å²) < 4.78 is 5.47. The van der Waals surface area contributed by atoms with Crippen LogP contribution in [0.25, 0.3) is 0 Å². The Labute approximate surface area is 134 Å². The topological polar surface area (TPSA) is 26.3 Å². The summed E-state index contributed by atoms with van der Waals surface area (Å²) >= 11 is 0. The van der Waals surface area contributed by atoms with E-state index >= 15 is 0 Å². The summed E-state index contributed by atoms with van der Waals surface area (Å²) in [4.78, 5) is 12.6. The van der Waals surface area contributed by atoms with Gasteiger partial charge in [-0.25, -0.2) is 0 Å². The lowest BCUT2D eigenvalue weighted by atomic mass is 9.52. The van der Waals surface area contributed by atoms with Gasteiger partial charge in [0.05, 0.1) is 12.9 Å². The zero-order valence-electron chi connectivity index (χ0n) is 13.9. The first-order valence-electron chi connectivity index (χ1n) is 9.17. The zero-order chi connectivity index (χ0) is 15.3. The number of carbonyl (C=O) groups excluding carboxylic acids is 1. The Hall–Kier alpha value is -1.05. The van der Waals surface area contributed by atoms with Crippen LogP contribution in [0.15, 0.2) is 23.5 Å². The third-order valence-corrected chi connectivity index (χ3v) is 7.43. The molecule has 4 aliphatic carbocycles. The summed E-state index contributed by atoms with van der Waals surface area (Å²) in [7, 11) is 1.79. The van der Waals surface area contributed by atoms with Crippen molar-refractivity contribution in [1.29, 1.82) is 0 Å². The number of ether oxygens (including phenoxy) is 1. The smallest absolute Gasteiger partial charge is 0.139 e. The van der Waals surface area contributed by atoms with E-state index in [1.807, 2.05) is 0 Å². The summed E-state index contributed by atoms with van der Waals surface area (Å²) in [5.41, 5.74) is 1.58. The summed E-state index contributed by atoms with van der Waals surface area (Å²) in [5.74, 6) is 4.68. The Morgan fingerprint density at radius 3 is 2.86 bits per heavy atom. The van der Waals surface area contributed by atoms with Gasteiger partial charge in [-0.3, -0.25) is 4.79 Å². The summed E-state index contributed by atoms with van der Waals surface area (Å²) in [6.45, 7) is 2.24. The summed E-state index contributed by atoms with van der Waals surface area (Å²) in [5, 5.41) is 0. The number of rotatable bonds is 2. The number of Topliss-reactive ketones (excluding diaryl/α,β-unsaturated/α-hetero) is 1. The van der Waals surface area contributed by atoms with Crippen molar-refractivity contribution in [2.75, 3.05) is 7.11 Å². The average Bonchev–Trinajstić information content (AvgIpc) is 2.91. The first kappa shape index (κ1) is 14.5. The number of allylic oxidation sites excluding steroid dienone is 4. The SMILES string of the molecule is CC[C@]12CCC3C(CC=C4C=C(OC)CC[C@@H]43)C1CCC2=O. The minimum absolute atomic E-state index is 0.0503. The highest BCUT2D eigenvalue weighted by Crippen LogP contribution is 2.61. The Balaban J connectivity index is 1.65. The van der Waals surface area contributed by atoms with Gasteiger partial charge in [0.15, 0.2) is 0 Å². The molecule has 120 valence electrons. The van der Waals surface area contributed by atoms with Crippen LogP contribution in [-0.2, 0) is 9.53 Å². The highest BCUT2D eigenvalue weighted by atomic mass is 16.5. The van der Waals surface area contributed by atoms with Gasteiger partial charge >= 0.3 is 0 Å². The second-order valence-corrected chi connectivity index (χ2v) is 7.84. The largest absolute Gasteiger partial charge is 0.501 e. The minimum Gasteiger partial charge on any atom is -0.501 e. The maximum atomic E-state index is 12.6. The van der Waals surface area contributed by atoms with Crippen molar-refractivity contribution >= 4 is 5.78 Å². The van der Waals surface area contributed by atoms with E-state index in [1.165, 1.54) is 24.8 Å². The Morgan fingerprint density at radius 2 is 2.09 bits per heavy atom. The molecule has 0 amide bonds. The Bertz CT molecular complexity index is 544. The van der Waals surface area contributed by atoms with Gasteiger partial charge in [0, 0.05) is 18.3 Å². The van der Waals surface area contributed by atoms with Crippen molar-refractivity contribution in [1.82, 2.24) is 0 Å². The van der Waals surface area contributed by atoms with Crippen molar-refractivity contribution < 1.29 is 9.53 Å². The van der Waals surface area contributed by atoms with Gasteiger partial charge in [0.2, 0.25) is 0 Å². The van der Waals surface area contributed by atoms with Gasteiger partial charge in [-0.15, -0.1) is 0 Å². The van der Waals surface area contributed by atoms with Crippen molar-refractivity contribution in [2.24, 2.45) is 29.1 Å². The normalized spacial score (nSPS) is 43.6. The molecule has 0 N–H and O–H groups in total. The third-order valence-electron chi connectivity index (χ3n) is 7.43. The van der Waals surface area contributed by atoms with Crippen molar-refractivity contribution in [2.45, 2.75) is 58.3 Å². The van der Waals surface area contributed by atoms with Crippen molar-refractivity contribution in [3.8, 4) is 0 Å². The van der Waals surface area contributed by atoms with E-state index in [9.17, 15) is 4.79 Å². The first-order chi connectivity index (χ1) is 10.7. The molecule has 0 aromatic rings. The maximum Gasteiger partial charge on any atom is 0.139 e. The molecule has 2 saturated carbocycles. The van der Waals surface area contributed by atoms with E-state index in [0.29, 0.717) is 11.7 Å². The number of carbonyl (C=O) groups is 1. The predicted molar refractivity (Wildman–Crippen MR) is 87.2 cm³/mol. The minimum atomic E-state index is 0.0503. The lowest BCUT2D eigenvalue weighted by molar-refractivity contribution is -0.132. The predicted octanol–water partition coefficient (Wildman–Crippen LogP) is 4.66. The monoisotopic (exact) mass is 300 g/mol. The van der Waals surface area contributed by atoms with Crippen LogP contribution >= 0.6 is 0 Å². The van der Waals surface area contributed by atoms with Gasteiger partial charge in [-0.2, -0.15) is 0 Å². The third kappa shape index (κ3) is 1.88. The van der Waals surface area contributed by atoms with Crippen LogP contribution in [0.3, 0.4) is 0 Å². The van der Waals surface area contributed by atoms with E-state index in [1.54, 1.807) is 7.11 Å². The lowest BCUT2D eigenvalue weighted by Crippen LogP contribution is -2.46. The molecule has 4 aliphatic rings. The van der Waals surface area contributed by atoms with Crippen LogP contribution in [0.5, 0.6) is 0 Å². The molecule has 0 heterocycles. The highest BCUT2D eigenvalue weighted by molar-refractivity contribution is 5.87. The van der Waals surface area contributed by atoms with Gasteiger partial charge < -0.3 is 4.74 Å². The Kier molecular flexibility index (Phi) is 3.47. The number of methoxy groups -OCH3 is 1. The second-order valence-electron chi connectivity index (χ2n) is 7.84. The fourth-order valence-corrected chi connectivity index (χ4v) is 6.31. The van der Waals surface area contributed by atoms with E-state index in [2.05, 4.69) is 19.1 Å². The van der Waals surface area contributed by atoms with E-state index in [0.717, 1.165) is 55.6 Å². The average molecular weight is 300 g/mol. The van der Waals surface area contributed by atoms with Crippen molar-refractivity contribution in [3.63, 3.8) is 0 Å². The standard InChI is InChI=1S/C20H28O2/c1-3-20-11-10-16-15-7-5-14(22-2)12-13(15)4-6-17(16)18(20)8-9-19(20)21/h4,12,15-18H,3,5-11H2,1-2H3/t15-,16?,17?,18?,20-/m0/s1. The molecule has 2 heteroatoms. The molecule has 2 fully saturated rings. The van der Waals surface area contributed by atoms with Crippen LogP contribution in [0.1, 0.15) is 58.3 Å². The highest BCUT2D eigenvalue weighted by Gasteiger charge is 2.56. The van der Waals surface area contributed by atoms with Gasteiger partial charge in [-0.1, -0.05) is 13.0 Å². The molecule has 3 unspecified atom stereocenters. The van der Waals surface area contributed by atoms with Gasteiger partial charge in [0.1, 0.15) is 5.78 Å². The molecule has 0 spiro atoms. The van der Waals surface area contributed by atoms with Crippen LogP contribution in [0.4, 0.5) is 0 Å². The van der Waals surface area contributed by atoms with Crippen LogP contribution < -0.4 is 0 Å². The molecule has 2 nitrogen and oxygen atoms in total. The Morgan fingerprint density at radius 1 is 1.23 bits per heavy atom. The fourth-order valence-electron chi connectivity index (χ4n) is 6.31.